The minimum atomic E-state index is -0.471. The van der Waals surface area contributed by atoms with Crippen LogP contribution in [0.25, 0.3) is 0 Å². The third kappa shape index (κ3) is 4.72. The zero-order valence-corrected chi connectivity index (χ0v) is 12.6. The Morgan fingerprint density at radius 3 is 2.71 bits per heavy atom. The summed E-state index contributed by atoms with van der Waals surface area (Å²) in [4.78, 5) is 24.7. The summed E-state index contributed by atoms with van der Waals surface area (Å²) in [7, 11) is 0. The standard InChI is InChI=1S/C16H17NO3S/c1-12-5-2-3-7-14(12)16(19)20-11-15(18)17-9-8-13-6-4-10-21-13/h2-7,10H,8-9,11H2,1H3,(H,17,18). The van der Waals surface area contributed by atoms with E-state index in [0.717, 1.165) is 12.0 Å². The van der Waals surface area contributed by atoms with E-state index in [4.69, 9.17) is 4.74 Å². The van der Waals surface area contributed by atoms with Gasteiger partial charge in [-0.1, -0.05) is 24.3 Å². The molecule has 1 amide bonds. The van der Waals surface area contributed by atoms with Gasteiger partial charge in [0.25, 0.3) is 5.91 Å². The second-order valence-electron chi connectivity index (χ2n) is 4.57. The van der Waals surface area contributed by atoms with Crippen molar-refractivity contribution < 1.29 is 14.3 Å². The van der Waals surface area contributed by atoms with Gasteiger partial charge in [-0.25, -0.2) is 4.79 Å². The number of hydrogen-bond acceptors (Lipinski definition) is 4. The van der Waals surface area contributed by atoms with Gasteiger partial charge in [0.05, 0.1) is 5.56 Å². The van der Waals surface area contributed by atoms with Crippen molar-refractivity contribution in [2.75, 3.05) is 13.2 Å². The van der Waals surface area contributed by atoms with Crippen LogP contribution in [-0.2, 0) is 16.0 Å². The van der Waals surface area contributed by atoms with Crippen molar-refractivity contribution in [2.45, 2.75) is 13.3 Å². The lowest BCUT2D eigenvalue weighted by Crippen LogP contribution is -2.30. The molecule has 1 heterocycles. The minimum Gasteiger partial charge on any atom is -0.452 e. The lowest BCUT2D eigenvalue weighted by atomic mass is 10.1. The Bertz CT molecular complexity index is 608. The largest absolute Gasteiger partial charge is 0.452 e. The molecule has 0 aliphatic carbocycles. The van der Waals surface area contributed by atoms with Crippen LogP contribution in [0.4, 0.5) is 0 Å². The number of hydrogen-bond donors (Lipinski definition) is 1. The fraction of sp³-hybridized carbons (Fsp3) is 0.250. The Hall–Kier alpha value is -2.14. The second kappa shape index (κ2) is 7.59. The Balaban J connectivity index is 1.71. The first-order valence-corrected chi connectivity index (χ1v) is 7.56. The summed E-state index contributed by atoms with van der Waals surface area (Å²) in [5.41, 5.74) is 1.32. The number of amides is 1. The Kier molecular flexibility index (Phi) is 5.51. The van der Waals surface area contributed by atoms with Crippen LogP contribution in [0.2, 0.25) is 0 Å². The number of ether oxygens (including phenoxy) is 1. The quantitative estimate of drug-likeness (QED) is 0.835. The Morgan fingerprint density at radius 2 is 2.00 bits per heavy atom. The average Bonchev–Trinajstić information content (AvgIpc) is 2.98. The molecule has 1 aromatic heterocycles. The summed E-state index contributed by atoms with van der Waals surface area (Å²) in [5.74, 6) is -0.755. The fourth-order valence-electron chi connectivity index (χ4n) is 1.84. The van der Waals surface area contributed by atoms with Crippen LogP contribution in [-0.4, -0.2) is 25.0 Å². The predicted molar refractivity (Wildman–Crippen MR) is 82.5 cm³/mol. The minimum absolute atomic E-state index is 0.252. The lowest BCUT2D eigenvalue weighted by molar-refractivity contribution is -0.124. The number of benzene rings is 1. The van der Waals surface area contributed by atoms with E-state index in [9.17, 15) is 9.59 Å². The maximum absolute atomic E-state index is 11.8. The molecule has 0 radical (unpaired) electrons. The summed E-state index contributed by atoms with van der Waals surface area (Å²) in [6, 6.07) is 11.1. The topological polar surface area (TPSA) is 55.4 Å². The molecular weight excluding hydrogens is 286 g/mol. The molecule has 4 nitrogen and oxygen atoms in total. The molecule has 2 rings (SSSR count). The van der Waals surface area contributed by atoms with Crippen molar-refractivity contribution >= 4 is 23.2 Å². The highest BCUT2D eigenvalue weighted by Crippen LogP contribution is 2.09. The van der Waals surface area contributed by atoms with Gasteiger partial charge in [0.1, 0.15) is 0 Å². The molecule has 0 aliphatic heterocycles. The Labute approximate surface area is 127 Å². The van der Waals surface area contributed by atoms with E-state index in [0.29, 0.717) is 12.1 Å². The molecule has 0 unspecified atom stereocenters. The summed E-state index contributed by atoms with van der Waals surface area (Å²) < 4.78 is 5.01. The number of esters is 1. The number of carbonyl (C=O) groups excluding carboxylic acids is 2. The first kappa shape index (κ1) is 15.3. The molecule has 0 aliphatic rings. The molecule has 5 heteroatoms. The third-order valence-corrected chi connectivity index (χ3v) is 3.91. The van der Waals surface area contributed by atoms with E-state index in [1.54, 1.807) is 23.5 Å². The van der Waals surface area contributed by atoms with Crippen LogP contribution in [0.5, 0.6) is 0 Å². The van der Waals surface area contributed by atoms with Gasteiger partial charge in [0.2, 0.25) is 0 Å². The van der Waals surface area contributed by atoms with Crippen molar-refractivity contribution in [1.82, 2.24) is 5.32 Å². The molecule has 0 spiro atoms. The number of rotatable bonds is 6. The van der Waals surface area contributed by atoms with Crippen LogP contribution in [0.1, 0.15) is 20.8 Å². The number of carbonyl (C=O) groups is 2. The smallest absolute Gasteiger partial charge is 0.338 e. The van der Waals surface area contributed by atoms with E-state index < -0.39 is 5.97 Å². The first-order chi connectivity index (χ1) is 10.2. The van der Waals surface area contributed by atoms with Crippen LogP contribution in [0.3, 0.4) is 0 Å². The number of aryl methyl sites for hydroxylation is 1. The molecule has 110 valence electrons. The van der Waals surface area contributed by atoms with Crippen molar-refractivity contribution in [1.29, 1.82) is 0 Å². The van der Waals surface area contributed by atoms with Gasteiger partial charge in [-0.15, -0.1) is 11.3 Å². The van der Waals surface area contributed by atoms with Gasteiger partial charge in [-0.05, 0) is 36.4 Å². The molecule has 21 heavy (non-hydrogen) atoms. The molecule has 0 saturated heterocycles. The third-order valence-electron chi connectivity index (χ3n) is 2.97. The van der Waals surface area contributed by atoms with Crippen molar-refractivity contribution in [3.05, 3.63) is 57.8 Å². The predicted octanol–water partition coefficient (Wildman–Crippen LogP) is 2.57. The van der Waals surface area contributed by atoms with Gasteiger partial charge in [0.15, 0.2) is 6.61 Å². The van der Waals surface area contributed by atoms with E-state index in [1.807, 2.05) is 36.6 Å². The molecule has 1 aromatic carbocycles. The van der Waals surface area contributed by atoms with Crippen LogP contribution >= 0.6 is 11.3 Å². The van der Waals surface area contributed by atoms with Crippen LogP contribution in [0.15, 0.2) is 41.8 Å². The first-order valence-electron chi connectivity index (χ1n) is 6.68. The highest BCUT2D eigenvalue weighted by molar-refractivity contribution is 7.09. The molecule has 0 saturated carbocycles. The average molecular weight is 303 g/mol. The van der Waals surface area contributed by atoms with E-state index in [1.165, 1.54) is 4.88 Å². The molecule has 2 aromatic rings. The van der Waals surface area contributed by atoms with Gasteiger partial charge in [0, 0.05) is 11.4 Å². The highest BCUT2D eigenvalue weighted by atomic mass is 32.1. The van der Waals surface area contributed by atoms with Gasteiger partial charge >= 0.3 is 5.97 Å². The van der Waals surface area contributed by atoms with Crippen LogP contribution < -0.4 is 5.32 Å². The zero-order chi connectivity index (χ0) is 15.1. The monoisotopic (exact) mass is 303 g/mol. The number of thiophene rings is 1. The van der Waals surface area contributed by atoms with Crippen molar-refractivity contribution in [3.63, 3.8) is 0 Å². The van der Waals surface area contributed by atoms with E-state index in [-0.39, 0.29) is 12.5 Å². The molecule has 0 fully saturated rings. The van der Waals surface area contributed by atoms with Crippen molar-refractivity contribution in [3.8, 4) is 0 Å². The second-order valence-corrected chi connectivity index (χ2v) is 5.60. The van der Waals surface area contributed by atoms with Gasteiger partial charge in [-0.2, -0.15) is 0 Å². The maximum Gasteiger partial charge on any atom is 0.338 e. The SMILES string of the molecule is Cc1ccccc1C(=O)OCC(=O)NCCc1cccs1. The maximum atomic E-state index is 11.8. The summed E-state index contributed by atoms with van der Waals surface area (Å²) in [6.45, 7) is 2.12. The van der Waals surface area contributed by atoms with E-state index >= 15 is 0 Å². The normalized spacial score (nSPS) is 10.1. The fourth-order valence-corrected chi connectivity index (χ4v) is 2.55. The van der Waals surface area contributed by atoms with Gasteiger partial charge in [-0.3, -0.25) is 4.79 Å². The van der Waals surface area contributed by atoms with E-state index in [2.05, 4.69) is 5.32 Å². The van der Waals surface area contributed by atoms with Gasteiger partial charge < -0.3 is 10.1 Å². The zero-order valence-electron chi connectivity index (χ0n) is 11.8. The van der Waals surface area contributed by atoms with Crippen LogP contribution in [0, 0.1) is 6.92 Å². The summed E-state index contributed by atoms with van der Waals surface area (Å²) in [5, 5.41) is 4.73. The van der Waals surface area contributed by atoms with Crippen molar-refractivity contribution in [2.24, 2.45) is 0 Å². The molecular formula is C16H17NO3S. The summed E-state index contributed by atoms with van der Waals surface area (Å²) in [6.07, 6.45) is 0.787. The summed E-state index contributed by atoms with van der Waals surface area (Å²) >= 11 is 1.66. The number of nitrogens with one attached hydrogen (secondary N) is 1. The lowest BCUT2D eigenvalue weighted by Gasteiger charge is -2.07. The Morgan fingerprint density at radius 1 is 1.19 bits per heavy atom. The highest BCUT2D eigenvalue weighted by Gasteiger charge is 2.11. The molecule has 0 bridgehead atoms. The molecule has 1 N–H and O–H groups in total. The molecule has 0 atom stereocenters.